The summed E-state index contributed by atoms with van der Waals surface area (Å²) in [6, 6.07) is 5.48. The van der Waals surface area contributed by atoms with Crippen LogP contribution in [0, 0.1) is 12.3 Å². The molecule has 172 valence electrons. The van der Waals surface area contributed by atoms with E-state index in [1.165, 1.54) is 0 Å². The second-order valence-corrected chi connectivity index (χ2v) is 8.86. The third kappa shape index (κ3) is 4.81. The van der Waals surface area contributed by atoms with Crippen LogP contribution in [0.25, 0.3) is 11.3 Å². The van der Waals surface area contributed by atoms with Crippen LogP contribution in [0.3, 0.4) is 0 Å². The largest absolute Gasteiger partial charge is 0.390 e. The van der Waals surface area contributed by atoms with Crippen LogP contribution in [-0.2, 0) is 11.3 Å². The number of hydrogen-bond donors (Lipinski definition) is 2. The van der Waals surface area contributed by atoms with E-state index in [1.54, 1.807) is 6.07 Å². The van der Waals surface area contributed by atoms with Crippen molar-refractivity contribution >= 4 is 56.0 Å². The molecule has 1 aromatic heterocycles. The van der Waals surface area contributed by atoms with Crippen molar-refractivity contribution in [1.82, 2.24) is 9.97 Å². The van der Waals surface area contributed by atoms with E-state index in [-0.39, 0.29) is 51.2 Å². The Balaban J connectivity index is 0.00000171. The first-order chi connectivity index (χ1) is 13.9. The Morgan fingerprint density at radius 3 is 2.48 bits per heavy atom. The predicted octanol–water partition coefficient (Wildman–Crippen LogP) is 3.81. The minimum absolute atomic E-state index is 0. The summed E-state index contributed by atoms with van der Waals surface area (Å²) in [5.41, 5.74) is 9.10. The summed E-state index contributed by atoms with van der Waals surface area (Å²) in [5, 5.41) is 10.9. The highest BCUT2D eigenvalue weighted by Crippen LogP contribution is 2.42. The number of ether oxygens (including phenoxy) is 1. The Kier molecular flexibility index (Phi) is 8.95. The number of nitrogens with zero attached hydrogens (tertiary/aromatic N) is 3. The maximum absolute atomic E-state index is 9.99. The summed E-state index contributed by atoms with van der Waals surface area (Å²) >= 11 is 12.5. The SMILES string of the molecule is Cc1nc(N2CCC3(CC2)CO[C@@H](C)[C@H]3N)c(CO)nc1-c1cccc(Cl)c1Cl.S.S. The van der Waals surface area contributed by atoms with E-state index in [9.17, 15) is 5.11 Å². The van der Waals surface area contributed by atoms with Crippen molar-refractivity contribution in [3.05, 3.63) is 39.6 Å². The molecule has 2 atom stereocenters. The van der Waals surface area contributed by atoms with Crippen LogP contribution in [0.5, 0.6) is 0 Å². The fraction of sp³-hybridized carbons (Fsp3) is 0.524. The Hall–Kier alpha value is -0.740. The molecule has 2 aliphatic rings. The maximum Gasteiger partial charge on any atom is 0.153 e. The van der Waals surface area contributed by atoms with E-state index < -0.39 is 0 Å². The Bertz CT molecular complexity index is 926. The molecule has 31 heavy (non-hydrogen) atoms. The Morgan fingerprint density at radius 1 is 1.23 bits per heavy atom. The zero-order valence-electron chi connectivity index (χ0n) is 17.7. The molecule has 3 heterocycles. The molecule has 0 radical (unpaired) electrons. The number of piperidine rings is 1. The normalized spacial score (nSPS) is 22.2. The number of benzene rings is 1. The zero-order chi connectivity index (χ0) is 20.8. The lowest BCUT2D eigenvalue weighted by atomic mass is 9.73. The molecule has 10 heteroatoms. The van der Waals surface area contributed by atoms with Gasteiger partial charge >= 0.3 is 0 Å². The summed E-state index contributed by atoms with van der Waals surface area (Å²) in [4.78, 5) is 11.7. The summed E-state index contributed by atoms with van der Waals surface area (Å²) < 4.78 is 5.81. The Labute approximate surface area is 207 Å². The van der Waals surface area contributed by atoms with E-state index >= 15 is 0 Å². The van der Waals surface area contributed by atoms with E-state index in [2.05, 4.69) is 4.90 Å². The third-order valence-corrected chi connectivity index (χ3v) is 7.20. The molecule has 0 amide bonds. The molecule has 2 aliphatic heterocycles. The summed E-state index contributed by atoms with van der Waals surface area (Å²) in [7, 11) is 0. The first-order valence-corrected chi connectivity index (χ1v) is 10.7. The number of rotatable bonds is 3. The highest BCUT2D eigenvalue weighted by molar-refractivity contribution is 7.59. The van der Waals surface area contributed by atoms with Crippen LogP contribution in [0.1, 0.15) is 31.2 Å². The molecular weight excluding hydrogens is 475 g/mol. The van der Waals surface area contributed by atoms with Crippen molar-refractivity contribution in [2.24, 2.45) is 11.1 Å². The average Bonchev–Trinajstić information content (AvgIpc) is 2.99. The van der Waals surface area contributed by atoms with Crippen LogP contribution in [0.4, 0.5) is 5.82 Å². The third-order valence-electron chi connectivity index (χ3n) is 6.38. The molecule has 0 bridgehead atoms. The van der Waals surface area contributed by atoms with Gasteiger partial charge in [-0.25, -0.2) is 9.97 Å². The van der Waals surface area contributed by atoms with Gasteiger partial charge in [0.25, 0.3) is 0 Å². The van der Waals surface area contributed by atoms with Crippen LogP contribution in [0.15, 0.2) is 18.2 Å². The van der Waals surface area contributed by atoms with Gasteiger partial charge in [-0.2, -0.15) is 27.0 Å². The summed E-state index contributed by atoms with van der Waals surface area (Å²) in [6.07, 6.45) is 1.97. The summed E-state index contributed by atoms with van der Waals surface area (Å²) in [6.45, 7) is 6.08. The van der Waals surface area contributed by atoms with Crippen LogP contribution in [0.2, 0.25) is 10.0 Å². The van der Waals surface area contributed by atoms with Gasteiger partial charge < -0.3 is 20.5 Å². The van der Waals surface area contributed by atoms with Gasteiger partial charge in [0.15, 0.2) is 5.82 Å². The minimum Gasteiger partial charge on any atom is -0.390 e. The predicted molar refractivity (Wildman–Crippen MR) is 136 cm³/mol. The zero-order valence-corrected chi connectivity index (χ0v) is 21.2. The number of halogens is 2. The number of aliphatic hydroxyl groups excluding tert-OH is 1. The topological polar surface area (TPSA) is 84.5 Å². The average molecular weight is 506 g/mol. The quantitative estimate of drug-likeness (QED) is 0.660. The molecule has 1 spiro atoms. The van der Waals surface area contributed by atoms with Gasteiger partial charge in [0.1, 0.15) is 5.69 Å². The maximum atomic E-state index is 9.99. The van der Waals surface area contributed by atoms with Crippen LogP contribution in [-0.4, -0.2) is 46.9 Å². The molecule has 3 N–H and O–H groups in total. The fourth-order valence-corrected chi connectivity index (χ4v) is 4.87. The number of nitrogens with two attached hydrogens (primary N) is 1. The van der Waals surface area contributed by atoms with Gasteiger partial charge in [-0.1, -0.05) is 35.3 Å². The first kappa shape index (κ1) is 26.5. The highest BCUT2D eigenvalue weighted by Gasteiger charge is 2.47. The minimum atomic E-state index is -0.199. The lowest BCUT2D eigenvalue weighted by molar-refractivity contribution is 0.0973. The molecular formula is C21H30Cl2N4O2S2. The van der Waals surface area contributed by atoms with E-state index in [1.807, 2.05) is 26.0 Å². The first-order valence-electron chi connectivity index (χ1n) is 9.91. The lowest BCUT2D eigenvalue weighted by Crippen LogP contribution is -2.51. The van der Waals surface area contributed by atoms with Crippen molar-refractivity contribution in [1.29, 1.82) is 0 Å². The lowest BCUT2D eigenvalue weighted by Gasteiger charge is -2.42. The summed E-state index contributed by atoms with van der Waals surface area (Å²) in [5.74, 6) is 0.724. The molecule has 2 saturated heterocycles. The van der Waals surface area contributed by atoms with E-state index in [4.69, 9.17) is 43.6 Å². The van der Waals surface area contributed by atoms with Crippen LogP contribution < -0.4 is 10.6 Å². The molecule has 2 fully saturated rings. The van der Waals surface area contributed by atoms with Crippen molar-refractivity contribution in [3.63, 3.8) is 0 Å². The monoisotopic (exact) mass is 504 g/mol. The number of aliphatic hydroxyl groups is 1. The number of aryl methyl sites for hydroxylation is 1. The second kappa shape index (κ2) is 10.5. The van der Waals surface area contributed by atoms with Gasteiger partial charge in [-0.3, -0.25) is 0 Å². The van der Waals surface area contributed by atoms with Gasteiger partial charge in [0.05, 0.1) is 40.8 Å². The van der Waals surface area contributed by atoms with E-state index in [0.717, 1.165) is 37.4 Å². The molecule has 0 aliphatic carbocycles. The molecule has 2 aromatic rings. The molecule has 4 rings (SSSR count). The van der Waals surface area contributed by atoms with E-state index in [0.29, 0.717) is 33.6 Å². The van der Waals surface area contributed by atoms with Gasteiger partial charge in [-0.05, 0) is 32.8 Å². The molecule has 0 unspecified atom stereocenters. The molecule has 0 saturated carbocycles. The Morgan fingerprint density at radius 2 is 1.90 bits per heavy atom. The second-order valence-electron chi connectivity index (χ2n) is 8.08. The van der Waals surface area contributed by atoms with Gasteiger partial charge in [0.2, 0.25) is 0 Å². The van der Waals surface area contributed by atoms with Crippen LogP contribution >= 0.6 is 50.2 Å². The highest BCUT2D eigenvalue weighted by atomic mass is 35.5. The van der Waals surface area contributed by atoms with Crippen molar-refractivity contribution in [2.75, 3.05) is 24.6 Å². The van der Waals surface area contributed by atoms with Crippen molar-refractivity contribution in [2.45, 2.75) is 45.4 Å². The van der Waals surface area contributed by atoms with Gasteiger partial charge in [0, 0.05) is 30.1 Å². The number of anilines is 1. The molecule has 6 nitrogen and oxygen atoms in total. The fourth-order valence-electron chi connectivity index (χ4n) is 4.48. The van der Waals surface area contributed by atoms with Crippen molar-refractivity contribution < 1.29 is 9.84 Å². The van der Waals surface area contributed by atoms with Crippen molar-refractivity contribution in [3.8, 4) is 11.3 Å². The van der Waals surface area contributed by atoms with Gasteiger partial charge in [-0.15, -0.1) is 0 Å². The smallest absolute Gasteiger partial charge is 0.153 e. The molecule has 1 aromatic carbocycles. The number of hydrogen-bond acceptors (Lipinski definition) is 6. The standard InChI is InChI=1S/C21H26Cl2N4O2.2H2S/c1-12-18(14-4-3-5-15(22)17(14)23)26-16(10-28)20(25-12)27-8-6-21(7-9-27)11-29-13(2)19(21)24;;/h3-5,13,19,28H,6-11,24H2,1-2H3;2*1H2/t13-,19+;;/m0../s1. The number of aromatic nitrogens is 2.